The van der Waals surface area contributed by atoms with Crippen molar-refractivity contribution < 1.29 is 22.4 Å². The number of nitrogens with one attached hydrogen (secondary N) is 2. The Kier molecular flexibility index (Phi) is 3.40. The molecule has 1 aromatic rings. The third-order valence-electron chi connectivity index (χ3n) is 2.72. The van der Waals surface area contributed by atoms with E-state index in [1.807, 2.05) is 0 Å². The summed E-state index contributed by atoms with van der Waals surface area (Å²) in [6.07, 6.45) is 0.835. The highest BCUT2D eigenvalue weighted by Crippen LogP contribution is 2.24. The smallest absolute Gasteiger partial charge is 0.220 e. The molecular formula is C11H10F4N2O. The van der Waals surface area contributed by atoms with Crippen molar-refractivity contribution in [1.29, 1.82) is 0 Å². The van der Waals surface area contributed by atoms with Crippen LogP contribution in [0.3, 0.4) is 0 Å². The Morgan fingerprint density at radius 3 is 2.33 bits per heavy atom. The van der Waals surface area contributed by atoms with Crippen molar-refractivity contribution >= 4 is 11.6 Å². The molecule has 0 bridgehead atoms. The van der Waals surface area contributed by atoms with E-state index >= 15 is 0 Å². The molecular weight excluding hydrogens is 252 g/mol. The average Bonchev–Trinajstić information content (AvgIpc) is 2.73. The summed E-state index contributed by atoms with van der Waals surface area (Å²) in [5, 5.41) is 4.84. The fourth-order valence-electron chi connectivity index (χ4n) is 1.78. The summed E-state index contributed by atoms with van der Waals surface area (Å²) in [6, 6.07) is -0.157. The number of benzene rings is 1. The van der Waals surface area contributed by atoms with Crippen molar-refractivity contribution in [1.82, 2.24) is 5.32 Å². The lowest BCUT2D eigenvalue weighted by Crippen LogP contribution is -2.32. The van der Waals surface area contributed by atoms with Gasteiger partial charge in [-0.15, -0.1) is 0 Å². The molecule has 1 heterocycles. The van der Waals surface area contributed by atoms with Gasteiger partial charge in [0.05, 0.1) is 0 Å². The molecule has 0 aromatic heterocycles. The minimum atomic E-state index is -1.47. The summed E-state index contributed by atoms with van der Waals surface area (Å²) in [7, 11) is 0. The van der Waals surface area contributed by atoms with E-state index in [1.165, 1.54) is 0 Å². The Balaban J connectivity index is 2.11. The Bertz CT molecular complexity index is 466. The van der Waals surface area contributed by atoms with Crippen LogP contribution in [0.1, 0.15) is 12.8 Å². The van der Waals surface area contributed by atoms with Gasteiger partial charge < -0.3 is 10.6 Å². The van der Waals surface area contributed by atoms with Crippen LogP contribution in [0.5, 0.6) is 0 Å². The first kappa shape index (κ1) is 12.7. The van der Waals surface area contributed by atoms with E-state index in [1.54, 1.807) is 0 Å². The van der Waals surface area contributed by atoms with Gasteiger partial charge in [0.2, 0.25) is 5.91 Å². The van der Waals surface area contributed by atoms with Gasteiger partial charge in [-0.2, -0.15) is 0 Å². The first-order valence-electron chi connectivity index (χ1n) is 5.35. The van der Waals surface area contributed by atoms with Gasteiger partial charge in [-0.05, 0) is 6.42 Å². The van der Waals surface area contributed by atoms with E-state index in [0.29, 0.717) is 12.8 Å². The summed E-state index contributed by atoms with van der Waals surface area (Å²) in [4.78, 5) is 10.9. The van der Waals surface area contributed by atoms with E-state index < -0.39 is 29.0 Å². The minimum Gasteiger partial charge on any atom is -0.378 e. The summed E-state index contributed by atoms with van der Waals surface area (Å²) in [5.74, 6) is -6.04. The Hall–Kier alpha value is -1.79. The first-order valence-corrected chi connectivity index (χ1v) is 5.35. The van der Waals surface area contributed by atoms with Gasteiger partial charge in [0.25, 0.3) is 0 Å². The van der Waals surface area contributed by atoms with Crippen LogP contribution < -0.4 is 10.6 Å². The quantitative estimate of drug-likeness (QED) is 0.645. The molecule has 0 aliphatic carbocycles. The molecule has 2 rings (SSSR count). The number of anilines is 1. The Morgan fingerprint density at radius 1 is 1.22 bits per heavy atom. The van der Waals surface area contributed by atoms with Crippen LogP contribution in [0.2, 0.25) is 0 Å². The molecule has 1 atom stereocenters. The van der Waals surface area contributed by atoms with E-state index in [4.69, 9.17) is 0 Å². The molecule has 2 N–H and O–H groups in total. The molecule has 1 aliphatic heterocycles. The van der Waals surface area contributed by atoms with Gasteiger partial charge in [-0.1, -0.05) is 0 Å². The fourth-order valence-corrected chi connectivity index (χ4v) is 1.78. The van der Waals surface area contributed by atoms with Crippen LogP contribution in [0.15, 0.2) is 6.07 Å². The number of rotatable bonds is 3. The lowest BCUT2D eigenvalue weighted by atomic mass is 10.2. The molecule has 98 valence electrons. The average molecular weight is 262 g/mol. The molecule has 1 fully saturated rings. The number of halogens is 4. The van der Waals surface area contributed by atoms with Crippen molar-refractivity contribution in [3.05, 3.63) is 29.3 Å². The molecule has 0 saturated carbocycles. The Morgan fingerprint density at radius 2 is 1.83 bits per heavy atom. The maximum absolute atomic E-state index is 13.3. The summed E-state index contributed by atoms with van der Waals surface area (Å²) >= 11 is 0. The lowest BCUT2D eigenvalue weighted by molar-refractivity contribution is -0.119. The standard InChI is InChI=1S/C11H10F4N2O/c12-6-3-7(13)10(15)11(9(6)14)16-4-5-1-2-8(18)17-5/h3,5,16H,1-2,4H2,(H,17,18). The van der Waals surface area contributed by atoms with Gasteiger partial charge >= 0.3 is 0 Å². The molecule has 1 amide bonds. The zero-order chi connectivity index (χ0) is 13.3. The molecule has 0 spiro atoms. The van der Waals surface area contributed by atoms with Gasteiger partial charge in [-0.3, -0.25) is 4.79 Å². The highest BCUT2D eigenvalue weighted by atomic mass is 19.2. The number of hydrogen-bond donors (Lipinski definition) is 2. The van der Waals surface area contributed by atoms with E-state index in [-0.39, 0.29) is 24.6 Å². The maximum Gasteiger partial charge on any atom is 0.220 e. The second-order valence-corrected chi connectivity index (χ2v) is 4.03. The highest BCUT2D eigenvalue weighted by molar-refractivity contribution is 5.78. The molecule has 1 aliphatic rings. The summed E-state index contributed by atoms with van der Waals surface area (Å²) in [5.41, 5.74) is -0.853. The number of carbonyl (C=O) groups excluding carboxylic acids is 1. The van der Waals surface area contributed by atoms with Crippen molar-refractivity contribution in [3.63, 3.8) is 0 Å². The third kappa shape index (κ3) is 2.39. The zero-order valence-electron chi connectivity index (χ0n) is 9.20. The van der Waals surface area contributed by atoms with Gasteiger partial charge in [-0.25, -0.2) is 17.6 Å². The van der Waals surface area contributed by atoms with E-state index in [2.05, 4.69) is 10.6 Å². The summed E-state index contributed by atoms with van der Waals surface area (Å²) in [6.45, 7) is 0.00245. The van der Waals surface area contributed by atoms with Crippen LogP contribution in [-0.4, -0.2) is 18.5 Å². The monoisotopic (exact) mass is 262 g/mol. The number of carbonyl (C=O) groups is 1. The minimum absolute atomic E-state index is 0.00245. The number of amides is 1. The molecule has 1 saturated heterocycles. The molecule has 0 radical (unpaired) electrons. The van der Waals surface area contributed by atoms with Crippen LogP contribution in [-0.2, 0) is 4.79 Å². The van der Waals surface area contributed by atoms with Gasteiger partial charge in [0.15, 0.2) is 23.3 Å². The maximum atomic E-state index is 13.3. The van der Waals surface area contributed by atoms with Crippen LogP contribution >= 0.6 is 0 Å². The zero-order valence-corrected chi connectivity index (χ0v) is 9.20. The topological polar surface area (TPSA) is 41.1 Å². The summed E-state index contributed by atoms with van der Waals surface area (Å²) < 4.78 is 52.3. The van der Waals surface area contributed by atoms with Crippen LogP contribution in [0.4, 0.5) is 23.2 Å². The third-order valence-corrected chi connectivity index (χ3v) is 2.72. The normalized spacial score (nSPS) is 18.9. The predicted octanol–water partition coefficient (Wildman–Crippen LogP) is 1.93. The van der Waals surface area contributed by atoms with Gasteiger partial charge in [0, 0.05) is 25.1 Å². The first-order chi connectivity index (χ1) is 8.49. The molecule has 18 heavy (non-hydrogen) atoms. The lowest BCUT2D eigenvalue weighted by Gasteiger charge is -2.14. The Labute approximate surface area is 100 Å². The highest BCUT2D eigenvalue weighted by Gasteiger charge is 2.23. The second kappa shape index (κ2) is 4.83. The fraction of sp³-hybridized carbons (Fsp3) is 0.364. The van der Waals surface area contributed by atoms with Crippen molar-refractivity contribution in [2.24, 2.45) is 0 Å². The predicted molar refractivity (Wildman–Crippen MR) is 55.9 cm³/mol. The second-order valence-electron chi connectivity index (χ2n) is 4.03. The molecule has 3 nitrogen and oxygen atoms in total. The number of hydrogen-bond acceptors (Lipinski definition) is 2. The SMILES string of the molecule is O=C1CCC(CNc2c(F)c(F)cc(F)c2F)N1. The molecule has 1 unspecified atom stereocenters. The van der Waals surface area contributed by atoms with E-state index in [0.717, 1.165) is 0 Å². The molecule has 7 heteroatoms. The van der Waals surface area contributed by atoms with Gasteiger partial charge in [0.1, 0.15) is 5.69 Å². The van der Waals surface area contributed by atoms with Crippen LogP contribution in [0, 0.1) is 23.3 Å². The van der Waals surface area contributed by atoms with Crippen LogP contribution in [0.25, 0.3) is 0 Å². The van der Waals surface area contributed by atoms with Crippen molar-refractivity contribution in [3.8, 4) is 0 Å². The largest absolute Gasteiger partial charge is 0.378 e. The van der Waals surface area contributed by atoms with Crippen molar-refractivity contribution in [2.75, 3.05) is 11.9 Å². The van der Waals surface area contributed by atoms with E-state index in [9.17, 15) is 22.4 Å². The van der Waals surface area contributed by atoms with Crippen molar-refractivity contribution in [2.45, 2.75) is 18.9 Å². The molecule has 1 aromatic carbocycles.